The minimum Gasteiger partial charge on any atom is -0.348 e. The quantitative estimate of drug-likeness (QED) is 0.277. The van der Waals surface area contributed by atoms with Gasteiger partial charge in [0.1, 0.15) is 5.69 Å². The topological polar surface area (TPSA) is 30.7 Å². The number of hydrogen-bond acceptors (Lipinski definition) is 2. The predicted octanol–water partition coefficient (Wildman–Crippen LogP) is 7.35. The highest BCUT2D eigenvalue weighted by molar-refractivity contribution is 6.35. The van der Waals surface area contributed by atoms with Gasteiger partial charge in [0.05, 0.1) is 11.3 Å². The van der Waals surface area contributed by atoms with Crippen LogP contribution < -0.4 is 0 Å². The van der Waals surface area contributed by atoms with Crippen LogP contribution in [-0.2, 0) is 6.54 Å². The highest BCUT2D eigenvalue weighted by atomic mass is 35.5. The van der Waals surface area contributed by atoms with Gasteiger partial charge in [0.15, 0.2) is 17.5 Å². The first-order valence-electron chi connectivity index (χ1n) is 9.80. The van der Waals surface area contributed by atoms with E-state index in [9.17, 15) is 8.78 Å². The van der Waals surface area contributed by atoms with Crippen LogP contribution in [0.5, 0.6) is 0 Å². The van der Waals surface area contributed by atoms with Gasteiger partial charge in [-0.05, 0) is 47.5 Å². The van der Waals surface area contributed by atoms with Crippen molar-refractivity contribution >= 4 is 23.2 Å². The lowest BCUT2D eigenvalue weighted by Crippen LogP contribution is -2.00. The molecule has 0 saturated carbocycles. The van der Waals surface area contributed by atoms with Gasteiger partial charge < -0.3 is 4.57 Å². The first kappa shape index (κ1) is 20.6. The van der Waals surface area contributed by atoms with Crippen LogP contribution in [0.3, 0.4) is 0 Å². The second-order valence-electron chi connectivity index (χ2n) is 7.36. The van der Waals surface area contributed by atoms with Crippen LogP contribution in [0.1, 0.15) is 5.56 Å². The Bertz CT molecular complexity index is 1400. The third-order valence-electron chi connectivity index (χ3n) is 5.18. The standard InChI is InChI=1S/C25H15Cl2F2N3/c26-17-8-9-20(27)19(12-17)16-6-4-15(5-7-16)13-32-11-10-22-23(14-32)31-25(30-22)18-2-1-3-21(28)24(18)29/h1-12,14H,13H2. The molecule has 2 aliphatic rings. The summed E-state index contributed by atoms with van der Waals surface area (Å²) in [5, 5.41) is 1.27. The molecule has 3 nitrogen and oxygen atoms in total. The molecule has 0 spiro atoms. The molecular formula is C25H15Cl2F2N3. The van der Waals surface area contributed by atoms with Crippen LogP contribution in [-0.4, -0.2) is 14.5 Å². The minimum atomic E-state index is -0.949. The Balaban J connectivity index is 1.40. The van der Waals surface area contributed by atoms with Crippen LogP contribution in [0.2, 0.25) is 10.0 Å². The molecule has 0 radical (unpaired) electrons. The van der Waals surface area contributed by atoms with Crippen molar-refractivity contribution in [2.24, 2.45) is 0 Å². The van der Waals surface area contributed by atoms with Crippen LogP contribution in [0, 0.1) is 11.6 Å². The molecule has 0 aromatic heterocycles. The van der Waals surface area contributed by atoms with Crippen molar-refractivity contribution in [3.05, 3.63) is 106 Å². The Labute approximate surface area is 193 Å². The number of hydrogen-bond donors (Lipinski definition) is 0. The van der Waals surface area contributed by atoms with Crippen LogP contribution >= 0.6 is 23.2 Å². The Morgan fingerprint density at radius 2 is 1.59 bits per heavy atom. The van der Waals surface area contributed by atoms with E-state index in [2.05, 4.69) is 9.97 Å². The second kappa shape index (κ2) is 8.34. The lowest BCUT2D eigenvalue weighted by molar-refractivity contribution is 0.510. The van der Waals surface area contributed by atoms with E-state index in [4.69, 9.17) is 23.2 Å². The first-order chi connectivity index (χ1) is 15.5. The smallest absolute Gasteiger partial charge is 0.169 e. The molecule has 7 heteroatoms. The fourth-order valence-corrected chi connectivity index (χ4v) is 3.97. The van der Waals surface area contributed by atoms with Crippen LogP contribution in [0.15, 0.2) is 79.1 Å². The zero-order valence-corrected chi connectivity index (χ0v) is 18.1. The molecule has 158 valence electrons. The zero-order chi connectivity index (χ0) is 22.2. The fraction of sp³-hybridized carbons (Fsp3) is 0.0400. The molecule has 32 heavy (non-hydrogen) atoms. The maximum Gasteiger partial charge on any atom is 0.169 e. The number of halogens is 4. The number of pyridine rings is 1. The van der Waals surface area contributed by atoms with Crippen molar-refractivity contribution in [3.8, 4) is 33.9 Å². The highest BCUT2D eigenvalue weighted by Gasteiger charge is 2.17. The molecule has 2 heterocycles. The Hall–Kier alpha value is -3.28. The Kier molecular flexibility index (Phi) is 5.37. The summed E-state index contributed by atoms with van der Waals surface area (Å²) in [6.45, 7) is 0.607. The second-order valence-corrected chi connectivity index (χ2v) is 8.20. The summed E-state index contributed by atoms with van der Waals surface area (Å²) >= 11 is 12.4. The monoisotopic (exact) mass is 465 g/mol. The van der Waals surface area contributed by atoms with E-state index < -0.39 is 11.6 Å². The summed E-state index contributed by atoms with van der Waals surface area (Å²) in [5.74, 6) is -1.71. The molecule has 3 aromatic rings. The van der Waals surface area contributed by atoms with Crippen LogP contribution in [0.4, 0.5) is 8.78 Å². The molecule has 0 amide bonds. The van der Waals surface area contributed by atoms with Gasteiger partial charge in [-0.25, -0.2) is 18.7 Å². The fourth-order valence-electron chi connectivity index (χ4n) is 3.57. The number of nitrogens with zero attached hydrogens (tertiary/aromatic N) is 3. The van der Waals surface area contributed by atoms with Crippen molar-refractivity contribution in [2.75, 3.05) is 0 Å². The van der Waals surface area contributed by atoms with Gasteiger partial charge in [0, 0.05) is 34.5 Å². The maximum absolute atomic E-state index is 14.1. The summed E-state index contributed by atoms with van der Waals surface area (Å²) in [6, 6.07) is 19.2. The van der Waals surface area contributed by atoms with E-state index in [1.807, 2.05) is 53.4 Å². The van der Waals surface area contributed by atoms with Crippen molar-refractivity contribution in [2.45, 2.75) is 6.54 Å². The maximum atomic E-state index is 14.1. The zero-order valence-electron chi connectivity index (χ0n) is 16.6. The largest absolute Gasteiger partial charge is 0.348 e. The summed E-state index contributed by atoms with van der Waals surface area (Å²) in [5.41, 5.74) is 4.20. The Morgan fingerprint density at radius 3 is 2.41 bits per heavy atom. The molecule has 0 unspecified atom stereocenters. The minimum absolute atomic E-state index is 0.0445. The highest BCUT2D eigenvalue weighted by Crippen LogP contribution is 2.31. The summed E-state index contributed by atoms with van der Waals surface area (Å²) < 4.78 is 29.6. The number of aromatic nitrogens is 3. The number of rotatable bonds is 4. The SMILES string of the molecule is Fc1cccc(-c2nc3ccn(Cc4ccc(-c5cc(Cl)ccc5Cl)cc4)cc-3n2)c1F. The van der Waals surface area contributed by atoms with Crippen molar-refractivity contribution in [1.82, 2.24) is 14.5 Å². The first-order valence-corrected chi connectivity index (χ1v) is 10.6. The van der Waals surface area contributed by atoms with E-state index in [1.54, 1.807) is 12.1 Å². The molecule has 0 atom stereocenters. The molecule has 0 fully saturated rings. The molecule has 0 aliphatic carbocycles. The molecule has 0 saturated heterocycles. The summed E-state index contributed by atoms with van der Waals surface area (Å²) in [6.07, 6.45) is 3.72. The number of benzene rings is 3. The average Bonchev–Trinajstić information content (AvgIpc) is 3.21. The van der Waals surface area contributed by atoms with Crippen molar-refractivity contribution in [1.29, 1.82) is 0 Å². The van der Waals surface area contributed by atoms with Gasteiger partial charge >= 0.3 is 0 Å². The van der Waals surface area contributed by atoms with E-state index in [1.165, 1.54) is 12.1 Å². The predicted molar refractivity (Wildman–Crippen MR) is 123 cm³/mol. The molecule has 3 aromatic carbocycles. The molecule has 0 N–H and O–H groups in total. The molecule has 2 aliphatic heterocycles. The Morgan fingerprint density at radius 1 is 0.812 bits per heavy atom. The molecule has 0 bridgehead atoms. The van der Waals surface area contributed by atoms with Gasteiger partial charge in [-0.2, -0.15) is 0 Å². The number of fused-ring (bicyclic) bond motifs is 1. The van der Waals surface area contributed by atoms with Crippen molar-refractivity contribution in [3.63, 3.8) is 0 Å². The normalized spacial score (nSPS) is 11.2. The van der Waals surface area contributed by atoms with E-state index >= 15 is 0 Å². The third kappa shape index (κ3) is 3.97. The van der Waals surface area contributed by atoms with Gasteiger partial charge in [-0.3, -0.25) is 0 Å². The summed E-state index contributed by atoms with van der Waals surface area (Å²) in [7, 11) is 0. The summed E-state index contributed by atoms with van der Waals surface area (Å²) in [4.78, 5) is 8.73. The lowest BCUT2D eigenvalue weighted by Gasteiger charge is -2.10. The van der Waals surface area contributed by atoms with Gasteiger partial charge in [0.2, 0.25) is 0 Å². The van der Waals surface area contributed by atoms with Crippen molar-refractivity contribution < 1.29 is 8.78 Å². The molecular weight excluding hydrogens is 451 g/mol. The average molecular weight is 466 g/mol. The van der Waals surface area contributed by atoms with Gasteiger partial charge in [-0.1, -0.05) is 53.5 Å². The van der Waals surface area contributed by atoms with Gasteiger partial charge in [-0.15, -0.1) is 0 Å². The molecule has 5 rings (SSSR count). The van der Waals surface area contributed by atoms with Gasteiger partial charge in [0.25, 0.3) is 0 Å². The number of imidazole rings is 1. The van der Waals surface area contributed by atoms with E-state index in [0.29, 0.717) is 28.0 Å². The van der Waals surface area contributed by atoms with E-state index in [0.717, 1.165) is 22.8 Å². The van der Waals surface area contributed by atoms with E-state index in [-0.39, 0.29) is 11.4 Å². The third-order valence-corrected chi connectivity index (χ3v) is 5.74. The van der Waals surface area contributed by atoms with Crippen LogP contribution in [0.25, 0.3) is 33.9 Å². The lowest BCUT2D eigenvalue weighted by atomic mass is 10.0.